The number of ether oxygens (including phenoxy) is 2. The summed E-state index contributed by atoms with van der Waals surface area (Å²) in [6.07, 6.45) is 1.78. The Morgan fingerprint density at radius 3 is 2.65 bits per heavy atom. The predicted octanol–water partition coefficient (Wildman–Crippen LogP) is 3.33. The van der Waals surface area contributed by atoms with Gasteiger partial charge in [-0.3, -0.25) is 4.79 Å². The van der Waals surface area contributed by atoms with E-state index < -0.39 is 0 Å². The summed E-state index contributed by atoms with van der Waals surface area (Å²) < 4.78 is 11.1. The van der Waals surface area contributed by atoms with Crippen molar-refractivity contribution >= 4 is 17.2 Å². The molecule has 1 aliphatic heterocycles. The van der Waals surface area contributed by atoms with Crippen LogP contribution < -0.4 is 4.74 Å². The normalized spacial score (nSPS) is 15.3. The zero-order valence-corrected chi connectivity index (χ0v) is 13.8. The topological polar surface area (TPSA) is 38.8 Å². The summed E-state index contributed by atoms with van der Waals surface area (Å²) in [6.45, 7) is 2.17. The molecular weight excluding hydrogens is 310 g/mol. The average molecular weight is 331 g/mol. The van der Waals surface area contributed by atoms with E-state index in [0.717, 1.165) is 31.8 Å². The summed E-state index contributed by atoms with van der Waals surface area (Å²) in [7, 11) is 0. The monoisotopic (exact) mass is 331 g/mol. The van der Waals surface area contributed by atoms with Crippen molar-refractivity contribution in [1.29, 1.82) is 0 Å². The highest BCUT2D eigenvalue weighted by Gasteiger charge is 2.26. The minimum atomic E-state index is 0.0363. The number of benzene rings is 1. The van der Waals surface area contributed by atoms with Crippen LogP contribution in [-0.4, -0.2) is 36.7 Å². The van der Waals surface area contributed by atoms with Crippen molar-refractivity contribution in [2.24, 2.45) is 0 Å². The third-order valence-corrected chi connectivity index (χ3v) is 4.82. The molecule has 0 bridgehead atoms. The molecular formula is C18H21NO3S. The molecule has 1 aromatic carbocycles. The van der Waals surface area contributed by atoms with Gasteiger partial charge in [0.2, 0.25) is 0 Å². The van der Waals surface area contributed by atoms with E-state index in [1.165, 1.54) is 4.88 Å². The lowest BCUT2D eigenvalue weighted by Gasteiger charge is -2.34. The van der Waals surface area contributed by atoms with E-state index in [9.17, 15) is 4.79 Å². The number of amides is 1. The van der Waals surface area contributed by atoms with Gasteiger partial charge >= 0.3 is 0 Å². The number of para-hydroxylation sites is 1. The fourth-order valence-electron chi connectivity index (χ4n) is 2.73. The summed E-state index contributed by atoms with van der Waals surface area (Å²) in [5.41, 5.74) is 0. The predicted molar refractivity (Wildman–Crippen MR) is 90.6 cm³/mol. The second kappa shape index (κ2) is 8.13. The van der Waals surface area contributed by atoms with Gasteiger partial charge in [-0.15, -0.1) is 11.3 Å². The van der Waals surface area contributed by atoms with E-state index in [1.807, 2.05) is 46.7 Å². The molecule has 1 aromatic heterocycles. The van der Waals surface area contributed by atoms with E-state index in [4.69, 9.17) is 9.47 Å². The Kier molecular flexibility index (Phi) is 5.66. The fraction of sp³-hybridized carbons (Fsp3) is 0.389. The van der Waals surface area contributed by atoms with Crippen LogP contribution in [0.2, 0.25) is 0 Å². The molecule has 3 rings (SSSR count). The Hall–Kier alpha value is -1.85. The first kappa shape index (κ1) is 16.0. The van der Waals surface area contributed by atoms with Gasteiger partial charge in [0.1, 0.15) is 5.75 Å². The van der Waals surface area contributed by atoms with E-state index >= 15 is 0 Å². The largest absolute Gasteiger partial charge is 0.484 e. The van der Waals surface area contributed by atoms with Crippen molar-refractivity contribution in [1.82, 2.24) is 4.90 Å². The molecule has 0 N–H and O–H groups in total. The molecule has 5 heteroatoms. The van der Waals surface area contributed by atoms with Gasteiger partial charge < -0.3 is 14.4 Å². The second-order valence-corrected chi connectivity index (χ2v) is 6.58. The molecule has 4 nitrogen and oxygen atoms in total. The van der Waals surface area contributed by atoms with Crippen molar-refractivity contribution in [3.05, 3.63) is 52.7 Å². The molecule has 1 fully saturated rings. The first-order valence-electron chi connectivity index (χ1n) is 7.90. The fourth-order valence-corrected chi connectivity index (χ4v) is 3.44. The molecule has 1 amide bonds. The highest BCUT2D eigenvalue weighted by molar-refractivity contribution is 7.09. The molecule has 0 radical (unpaired) electrons. The number of rotatable bonds is 6. The molecule has 0 aliphatic carbocycles. The number of hydrogen-bond donors (Lipinski definition) is 0. The quantitative estimate of drug-likeness (QED) is 0.815. The second-order valence-electron chi connectivity index (χ2n) is 5.55. The van der Waals surface area contributed by atoms with Crippen molar-refractivity contribution in [3.63, 3.8) is 0 Å². The summed E-state index contributed by atoms with van der Waals surface area (Å²) in [5, 5.41) is 2.04. The molecule has 0 atom stereocenters. The van der Waals surface area contributed by atoms with Crippen molar-refractivity contribution < 1.29 is 14.3 Å². The zero-order valence-electron chi connectivity index (χ0n) is 13.0. The van der Waals surface area contributed by atoms with E-state index in [2.05, 4.69) is 6.07 Å². The zero-order chi connectivity index (χ0) is 15.9. The summed E-state index contributed by atoms with van der Waals surface area (Å²) >= 11 is 1.68. The van der Waals surface area contributed by atoms with Gasteiger partial charge in [0.05, 0.1) is 6.54 Å². The molecule has 1 aliphatic rings. The van der Waals surface area contributed by atoms with Gasteiger partial charge in [0.15, 0.2) is 6.61 Å². The SMILES string of the molecule is O=C(COc1ccccc1)N(Cc1cccs1)C1CCOCC1. The molecule has 23 heavy (non-hydrogen) atoms. The van der Waals surface area contributed by atoms with Gasteiger partial charge in [-0.1, -0.05) is 24.3 Å². The van der Waals surface area contributed by atoms with Gasteiger partial charge in [-0.05, 0) is 36.4 Å². The highest BCUT2D eigenvalue weighted by Crippen LogP contribution is 2.20. The number of hydrogen-bond acceptors (Lipinski definition) is 4. The number of carbonyl (C=O) groups excluding carboxylic acids is 1. The van der Waals surface area contributed by atoms with Crippen LogP contribution in [0.3, 0.4) is 0 Å². The summed E-state index contributed by atoms with van der Waals surface area (Å²) in [6, 6.07) is 13.8. The number of thiophene rings is 1. The minimum Gasteiger partial charge on any atom is -0.484 e. The van der Waals surface area contributed by atoms with Crippen LogP contribution >= 0.6 is 11.3 Å². The van der Waals surface area contributed by atoms with Crippen LogP contribution in [0.4, 0.5) is 0 Å². The van der Waals surface area contributed by atoms with Crippen LogP contribution in [0.1, 0.15) is 17.7 Å². The maximum atomic E-state index is 12.7. The molecule has 2 heterocycles. The first-order valence-corrected chi connectivity index (χ1v) is 8.78. The van der Waals surface area contributed by atoms with Crippen LogP contribution in [0.5, 0.6) is 5.75 Å². The van der Waals surface area contributed by atoms with Crippen molar-refractivity contribution in [2.75, 3.05) is 19.8 Å². The van der Waals surface area contributed by atoms with Gasteiger partial charge in [-0.2, -0.15) is 0 Å². The maximum Gasteiger partial charge on any atom is 0.261 e. The average Bonchev–Trinajstić information content (AvgIpc) is 3.12. The first-order chi connectivity index (χ1) is 11.3. The lowest BCUT2D eigenvalue weighted by atomic mass is 10.1. The van der Waals surface area contributed by atoms with E-state index in [1.54, 1.807) is 11.3 Å². The Bertz CT molecular complexity index is 594. The Morgan fingerprint density at radius 2 is 1.96 bits per heavy atom. The Labute approximate surface area is 140 Å². The molecule has 0 unspecified atom stereocenters. The van der Waals surface area contributed by atoms with Crippen LogP contribution in [-0.2, 0) is 16.1 Å². The van der Waals surface area contributed by atoms with Crippen molar-refractivity contribution in [2.45, 2.75) is 25.4 Å². The Morgan fingerprint density at radius 1 is 1.17 bits per heavy atom. The van der Waals surface area contributed by atoms with Crippen LogP contribution in [0, 0.1) is 0 Å². The molecule has 2 aromatic rings. The Balaban J connectivity index is 1.64. The molecule has 1 saturated heterocycles. The standard InChI is InChI=1S/C18H21NO3S/c20-18(14-22-16-5-2-1-3-6-16)19(13-17-7-4-12-23-17)15-8-10-21-11-9-15/h1-7,12,15H,8-11,13-14H2. The minimum absolute atomic E-state index is 0.0363. The van der Waals surface area contributed by atoms with Gasteiger partial charge in [-0.25, -0.2) is 0 Å². The molecule has 0 spiro atoms. The molecule has 122 valence electrons. The maximum absolute atomic E-state index is 12.7. The lowest BCUT2D eigenvalue weighted by molar-refractivity contribution is -0.138. The van der Waals surface area contributed by atoms with Crippen molar-refractivity contribution in [3.8, 4) is 5.75 Å². The number of carbonyl (C=O) groups is 1. The number of nitrogens with zero attached hydrogens (tertiary/aromatic N) is 1. The molecule has 0 saturated carbocycles. The summed E-state index contributed by atoms with van der Waals surface area (Å²) in [5.74, 6) is 0.762. The lowest BCUT2D eigenvalue weighted by Crippen LogP contribution is -2.44. The smallest absolute Gasteiger partial charge is 0.261 e. The third kappa shape index (κ3) is 4.56. The van der Waals surface area contributed by atoms with E-state index in [-0.39, 0.29) is 18.6 Å². The van der Waals surface area contributed by atoms with Gasteiger partial charge in [0, 0.05) is 24.1 Å². The highest BCUT2D eigenvalue weighted by atomic mass is 32.1. The third-order valence-electron chi connectivity index (χ3n) is 3.96. The summed E-state index contributed by atoms with van der Waals surface area (Å²) in [4.78, 5) is 15.9. The van der Waals surface area contributed by atoms with Crippen LogP contribution in [0.25, 0.3) is 0 Å². The van der Waals surface area contributed by atoms with E-state index in [0.29, 0.717) is 6.54 Å². The van der Waals surface area contributed by atoms with Crippen LogP contribution in [0.15, 0.2) is 47.8 Å². The van der Waals surface area contributed by atoms with Gasteiger partial charge in [0.25, 0.3) is 5.91 Å².